The summed E-state index contributed by atoms with van der Waals surface area (Å²) in [6.45, 7) is 3.42. The van der Waals surface area contributed by atoms with Gasteiger partial charge in [0.25, 0.3) is 11.6 Å². The molecule has 1 amide bonds. The third-order valence-electron chi connectivity index (χ3n) is 3.28. The number of nitro benzene ring substituents is 1. The van der Waals surface area contributed by atoms with E-state index in [4.69, 9.17) is 16.3 Å². The SMILES string of the molecule is Cc1cc(Cl)ccc1OC(C)C(=O)NN=Cc1cccc([N+](=O)[O-])c1. The summed E-state index contributed by atoms with van der Waals surface area (Å²) in [5.74, 6) is 0.103. The number of nitrogens with zero attached hydrogens (tertiary/aromatic N) is 2. The Bertz CT molecular complexity index is 823. The Morgan fingerprint density at radius 3 is 2.80 bits per heavy atom. The van der Waals surface area contributed by atoms with E-state index in [1.54, 1.807) is 31.2 Å². The fraction of sp³-hybridized carbons (Fsp3) is 0.176. The summed E-state index contributed by atoms with van der Waals surface area (Å²) in [5, 5.41) is 15.1. The highest BCUT2D eigenvalue weighted by Gasteiger charge is 2.15. The summed E-state index contributed by atoms with van der Waals surface area (Å²) in [6.07, 6.45) is 0.549. The lowest BCUT2D eigenvalue weighted by molar-refractivity contribution is -0.384. The van der Waals surface area contributed by atoms with Crippen LogP contribution in [0.15, 0.2) is 47.6 Å². The summed E-state index contributed by atoms with van der Waals surface area (Å²) in [5.41, 5.74) is 3.60. The smallest absolute Gasteiger partial charge is 0.280 e. The van der Waals surface area contributed by atoms with Crippen LogP contribution in [-0.2, 0) is 4.79 Å². The molecular formula is C17H16ClN3O4. The number of hydrogen-bond donors (Lipinski definition) is 1. The van der Waals surface area contributed by atoms with Gasteiger partial charge in [0, 0.05) is 22.7 Å². The van der Waals surface area contributed by atoms with E-state index in [1.807, 2.05) is 6.92 Å². The molecule has 130 valence electrons. The van der Waals surface area contributed by atoms with E-state index in [-0.39, 0.29) is 5.69 Å². The van der Waals surface area contributed by atoms with Gasteiger partial charge in [0.15, 0.2) is 6.10 Å². The molecule has 1 N–H and O–H groups in total. The normalized spacial score (nSPS) is 12.0. The summed E-state index contributed by atoms with van der Waals surface area (Å²) >= 11 is 5.88. The highest BCUT2D eigenvalue weighted by atomic mass is 35.5. The zero-order valence-corrected chi connectivity index (χ0v) is 14.4. The van der Waals surface area contributed by atoms with E-state index in [1.165, 1.54) is 24.4 Å². The minimum atomic E-state index is -0.776. The van der Waals surface area contributed by atoms with E-state index >= 15 is 0 Å². The van der Waals surface area contributed by atoms with E-state index in [2.05, 4.69) is 10.5 Å². The number of hydrazone groups is 1. The van der Waals surface area contributed by atoms with Crippen LogP contribution in [0.1, 0.15) is 18.1 Å². The molecule has 0 bridgehead atoms. The number of aryl methyl sites for hydroxylation is 1. The standard InChI is InChI=1S/C17H16ClN3O4/c1-11-8-14(18)6-7-16(11)25-12(2)17(22)20-19-10-13-4-3-5-15(9-13)21(23)24/h3-10,12H,1-2H3,(H,20,22). The van der Waals surface area contributed by atoms with Gasteiger partial charge < -0.3 is 4.74 Å². The van der Waals surface area contributed by atoms with Crippen molar-refractivity contribution in [1.82, 2.24) is 5.43 Å². The lowest BCUT2D eigenvalue weighted by atomic mass is 10.2. The third kappa shape index (κ3) is 5.29. The molecule has 1 unspecified atom stereocenters. The molecular weight excluding hydrogens is 346 g/mol. The average Bonchev–Trinajstić information content (AvgIpc) is 2.57. The Balaban J connectivity index is 1.95. The van der Waals surface area contributed by atoms with Gasteiger partial charge in [-0.2, -0.15) is 5.10 Å². The van der Waals surface area contributed by atoms with Crippen molar-refractivity contribution in [3.05, 3.63) is 68.7 Å². The van der Waals surface area contributed by atoms with Crippen molar-refractivity contribution in [2.75, 3.05) is 0 Å². The van der Waals surface area contributed by atoms with Gasteiger partial charge in [0.05, 0.1) is 11.1 Å². The Morgan fingerprint density at radius 1 is 1.36 bits per heavy atom. The summed E-state index contributed by atoms with van der Waals surface area (Å²) in [6, 6.07) is 11.0. The number of benzene rings is 2. The Hall–Kier alpha value is -2.93. The van der Waals surface area contributed by atoms with E-state index in [0.29, 0.717) is 16.3 Å². The number of amides is 1. The molecule has 0 aromatic heterocycles. The molecule has 2 aromatic rings. The molecule has 0 spiro atoms. The van der Waals surface area contributed by atoms with E-state index in [9.17, 15) is 14.9 Å². The van der Waals surface area contributed by atoms with Gasteiger partial charge in [-0.3, -0.25) is 14.9 Å². The molecule has 8 heteroatoms. The number of nitrogens with one attached hydrogen (secondary N) is 1. The predicted molar refractivity (Wildman–Crippen MR) is 95.1 cm³/mol. The van der Waals surface area contributed by atoms with Gasteiger partial charge in [0.2, 0.25) is 0 Å². The van der Waals surface area contributed by atoms with Crippen LogP contribution in [0.4, 0.5) is 5.69 Å². The minimum Gasteiger partial charge on any atom is -0.481 e. The number of carbonyl (C=O) groups excluding carboxylic acids is 1. The molecule has 2 rings (SSSR count). The van der Waals surface area contributed by atoms with Crippen LogP contribution in [0.2, 0.25) is 5.02 Å². The molecule has 1 atom stereocenters. The van der Waals surface area contributed by atoms with Crippen LogP contribution in [0.25, 0.3) is 0 Å². The van der Waals surface area contributed by atoms with Crippen molar-refractivity contribution in [3.8, 4) is 5.75 Å². The van der Waals surface area contributed by atoms with Crippen molar-refractivity contribution >= 4 is 29.4 Å². The van der Waals surface area contributed by atoms with Crippen LogP contribution < -0.4 is 10.2 Å². The summed E-state index contributed by atoms with van der Waals surface area (Å²) in [7, 11) is 0. The maximum Gasteiger partial charge on any atom is 0.280 e. The highest BCUT2D eigenvalue weighted by Crippen LogP contribution is 2.22. The minimum absolute atomic E-state index is 0.0507. The second-order valence-electron chi connectivity index (χ2n) is 5.26. The van der Waals surface area contributed by atoms with Gasteiger partial charge in [-0.05, 0) is 37.6 Å². The molecule has 0 aliphatic carbocycles. The van der Waals surface area contributed by atoms with Crippen LogP contribution in [0.3, 0.4) is 0 Å². The van der Waals surface area contributed by atoms with Crippen LogP contribution in [0.5, 0.6) is 5.75 Å². The first kappa shape index (κ1) is 18.4. The summed E-state index contributed by atoms with van der Waals surface area (Å²) < 4.78 is 5.58. The monoisotopic (exact) mass is 361 g/mol. The topological polar surface area (TPSA) is 93.8 Å². The first-order valence-electron chi connectivity index (χ1n) is 7.37. The zero-order chi connectivity index (χ0) is 18.4. The second kappa shape index (κ2) is 8.25. The molecule has 0 saturated heterocycles. The number of carbonyl (C=O) groups is 1. The Labute approximate surface area is 149 Å². The van der Waals surface area contributed by atoms with E-state index in [0.717, 1.165) is 5.56 Å². The number of hydrogen-bond acceptors (Lipinski definition) is 5. The number of ether oxygens (including phenoxy) is 1. The molecule has 0 fully saturated rings. The molecule has 2 aromatic carbocycles. The molecule has 25 heavy (non-hydrogen) atoms. The van der Waals surface area contributed by atoms with Crippen LogP contribution in [0, 0.1) is 17.0 Å². The second-order valence-corrected chi connectivity index (χ2v) is 5.69. The number of halogens is 1. The van der Waals surface area contributed by atoms with Gasteiger partial charge in [-0.15, -0.1) is 0 Å². The van der Waals surface area contributed by atoms with E-state index < -0.39 is 16.9 Å². The van der Waals surface area contributed by atoms with Gasteiger partial charge in [0.1, 0.15) is 5.75 Å². The molecule has 0 radical (unpaired) electrons. The van der Waals surface area contributed by atoms with Crippen molar-refractivity contribution in [2.45, 2.75) is 20.0 Å². The molecule has 0 aliphatic rings. The number of rotatable bonds is 6. The quantitative estimate of drug-likeness (QED) is 0.484. The van der Waals surface area contributed by atoms with Crippen molar-refractivity contribution in [1.29, 1.82) is 0 Å². The van der Waals surface area contributed by atoms with Gasteiger partial charge in [-0.25, -0.2) is 5.43 Å². The Kier molecular flexibility index (Phi) is 6.08. The molecule has 7 nitrogen and oxygen atoms in total. The van der Waals surface area contributed by atoms with Crippen LogP contribution in [-0.4, -0.2) is 23.1 Å². The lowest BCUT2D eigenvalue weighted by Crippen LogP contribution is -2.33. The number of non-ortho nitro benzene ring substituents is 1. The van der Waals surface area contributed by atoms with Gasteiger partial charge >= 0.3 is 0 Å². The first-order valence-corrected chi connectivity index (χ1v) is 7.75. The van der Waals surface area contributed by atoms with Gasteiger partial charge in [-0.1, -0.05) is 23.7 Å². The van der Waals surface area contributed by atoms with Crippen molar-refractivity contribution < 1.29 is 14.5 Å². The molecule has 0 heterocycles. The lowest BCUT2D eigenvalue weighted by Gasteiger charge is -2.14. The average molecular weight is 362 g/mol. The molecule has 0 saturated carbocycles. The molecule has 0 aliphatic heterocycles. The Morgan fingerprint density at radius 2 is 2.12 bits per heavy atom. The van der Waals surface area contributed by atoms with Crippen molar-refractivity contribution in [2.24, 2.45) is 5.10 Å². The third-order valence-corrected chi connectivity index (χ3v) is 3.51. The maximum atomic E-state index is 12.0. The zero-order valence-electron chi connectivity index (χ0n) is 13.6. The summed E-state index contributed by atoms with van der Waals surface area (Å²) in [4.78, 5) is 22.2. The highest BCUT2D eigenvalue weighted by molar-refractivity contribution is 6.30. The largest absolute Gasteiger partial charge is 0.481 e. The predicted octanol–water partition coefficient (Wildman–Crippen LogP) is 3.47. The fourth-order valence-electron chi connectivity index (χ4n) is 1.97. The maximum absolute atomic E-state index is 12.0. The van der Waals surface area contributed by atoms with Crippen molar-refractivity contribution in [3.63, 3.8) is 0 Å². The fourth-order valence-corrected chi connectivity index (χ4v) is 2.20. The first-order chi connectivity index (χ1) is 11.9. The van der Waals surface area contributed by atoms with Crippen LogP contribution >= 0.6 is 11.6 Å². The number of nitro groups is 1.